The molecule has 41 heavy (non-hydrogen) atoms. The van der Waals surface area contributed by atoms with Gasteiger partial charge >= 0.3 is 11.9 Å². The molecule has 3 unspecified atom stereocenters. The molecular formula is C30H58N4O7+2. The van der Waals surface area contributed by atoms with Gasteiger partial charge in [0.1, 0.15) is 19.7 Å². The lowest BCUT2D eigenvalue weighted by Crippen LogP contribution is -2.52. The van der Waals surface area contributed by atoms with Crippen LogP contribution in [0.1, 0.15) is 66.2 Å². The number of hydrogen-bond acceptors (Lipinski definition) is 6. The predicted octanol–water partition coefficient (Wildman–Crippen LogP) is 1.73. The summed E-state index contributed by atoms with van der Waals surface area (Å²) in [4.78, 5) is 51.7. The number of aliphatic carboxylic acids is 1. The summed E-state index contributed by atoms with van der Waals surface area (Å²) in [6.45, 7) is 10.5. The molecule has 11 nitrogen and oxygen atoms in total. The first-order valence-electron chi connectivity index (χ1n) is 15.0. The molecule has 1 aliphatic rings. The Bertz CT molecular complexity index is 900. The molecule has 2 amide bonds. The number of amides is 2. The van der Waals surface area contributed by atoms with Gasteiger partial charge in [-0.25, -0.2) is 0 Å². The first-order valence-corrected chi connectivity index (χ1v) is 15.0. The smallest absolute Gasteiger partial charge is 0.311 e. The number of hydrogen-bond donors (Lipinski definition) is 3. The molecular weight excluding hydrogens is 528 g/mol. The lowest BCUT2D eigenvalue weighted by Gasteiger charge is -2.35. The van der Waals surface area contributed by atoms with Crippen molar-refractivity contribution in [2.24, 2.45) is 16.7 Å². The Balaban J connectivity index is 2.65. The number of quaternary nitrogens is 2. The molecule has 1 saturated heterocycles. The quantitative estimate of drug-likeness (QED) is 0.119. The van der Waals surface area contributed by atoms with Gasteiger partial charge in [0.15, 0.2) is 6.10 Å². The second-order valence-corrected chi connectivity index (χ2v) is 14.4. The van der Waals surface area contributed by atoms with Gasteiger partial charge in [0, 0.05) is 31.3 Å². The molecule has 0 aromatic carbocycles. The predicted molar refractivity (Wildman–Crippen MR) is 158 cm³/mol. The van der Waals surface area contributed by atoms with Gasteiger partial charge in [0.05, 0.1) is 59.7 Å². The van der Waals surface area contributed by atoms with Crippen LogP contribution in [0.2, 0.25) is 0 Å². The topological polar surface area (TPSA) is 133 Å². The number of carboxylic acid groups (broad SMARTS) is 1. The number of carbonyl (C=O) groups is 4. The molecule has 1 aliphatic heterocycles. The molecule has 1 rings (SSSR count). The highest BCUT2D eigenvalue weighted by molar-refractivity contribution is 5.83. The van der Waals surface area contributed by atoms with E-state index in [1.807, 2.05) is 28.1 Å². The number of carbonyl (C=O) groups excluding carboxylic acids is 3. The number of likely N-dealkylation sites (tertiary alicyclic amines) is 1. The molecule has 0 aliphatic carbocycles. The Morgan fingerprint density at radius 3 is 2.22 bits per heavy atom. The van der Waals surface area contributed by atoms with Gasteiger partial charge in [0.2, 0.25) is 11.8 Å². The Labute approximate surface area is 247 Å². The highest BCUT2D eigenvalue weighted by Gasteiger charge is 2.41. The van der Waals surface area contributed by atoms with E-state index in [0.29, 0.717) is 54.5 Å². The van der Waals surface area contributed by atoms with Crippen molar-refractivity contribution in [1.29, 1.82) is 0 Å². The van der Waals surface area contributed by atoms with Crippen LogP contribution < -0.4 is 5.32 Å². The van der Waals surface area contributed by atoms with Crippen molar-refractivity contribution >= 4 is 23.8 Å². The number of carboxylic acids is 1. The van der Waals surface area contributed by atoms with E-state index in [9.17, 15) is 29.4 Å². The average molecular weight is 587 g/mol. The van der Waals surface area contributed by atoms with E-state index < -0.39 is 34.8 Å². The minimum atomic E-state index is -1.07. The van der Waals surface area contributed by atoms with Crippen molar-refractivity contribution < 1.29 is 43.1 Å². The van der Waals surface area contributed by atoms with Crippen molar-refractivity contribution in [3.05, 3.63) is 0 Å². The Kier molecular flexibility index (Phi) is 13.7. The van der Waals surface area contributed by atoms with Crippen molar-refractivity contribution in [1.82, 2.24) is 10.2 Å². The largest absolute Gasteiger partial charge is 0.481 e. The number of aliphatic hydroxyl groups is 1. The maximum atomic E-state index is 13.2. The fraction of sp³-hybridized carbons (Fsp3) is 0.867. The fourth-order valence-corrected chi connectivity index (χ4v) is 5.55. The van der Waals surface area contributed by atoms with Crippen molar-refractivity contribution in [2.45, 2.75) is 72.3 Å². The molecule has 0 aromatic rings. The maximum Gasteiger partial charge on any atom is 0.311 e. The molecule has 238 valence electrons. The molecule has 0 radical (unpaired) electrons. The third-order valence-electron chi connectivity index (χ3n) is 8.14. The highest BCUT2D eigenvalue weighted by atomic mass is 16.5. The van der Waals surface area contributed by atoms with E-state index in [0.717, 1.165) is 19.4 Å². The van der Waals surface area contributed by atoms with E-state index in [1.165, 1.54) is 0 Å². The van der Waals surface area contributed by atoms with Crippen LogP contribution in [0.25, 0.3) is 0 Å². The van der Waals surface area contributed by atoms with E-state index in [2.05, 4.69) is 19.4 Å². The van der Waals surface area contributed by atoms with Crippen LogP contribution in [-0.2, 0) is 23.9 Å². The zero-order valence-corrected chi connectivity index (χ0v) is 27.1. The van der Waals surface area contributed by atoms with Crippen LogP contribution in [0.15, 0.2) is 0 Å². The van der Waals surface area contributed by atoms with Crippen LogP contribution in [0.3, 0.4) is 0 Å². The average Bonchev–Trinajstić information content (AvgIpc) is 3.23. The standard InChI is InChI=1S/C30H56N4O7/c1-10-30(4,27(39)31-14-12-17-34(8,9)22-24(35)21-33(5,6)7)20-23(26(37)38)19-29(2,3)28(40)41-18-16-32-15-11-13-25(32)36/h23-24,35H,10-22H2,1-9H3/p+2. The number of nitrogens with zero attached hydrogens (tertiary/aromatic N) is 3. The van der Waals surface area contributed by atoms with Gasteiger partial charge in [-0.05, 0) is 39.5 Å². The minimum absolute atomic E-state index is 0.0357. The van der Waals surface area contributed by atoms with Gasteiger partial charge in [0.25, 0.3) is 0 Å². The number of aliphatic hydroxyl groups excluding tert-OH is 1. The molecule has 3 atom stereocenters. The minimum Gasteiger partial charge on any atom is -0.481 e. The normalized spacial score (nSPS) is 17.6. The molecule has 0 bridgehead atoms. The summed E-state index contributed by atoms with van der Waals surface area (Å²) in [5.74, 6) is -2.61. The first-order chi connectivity index (χ1) is 18.7. The summed E-state index contributed by atoms with van der Waals surface area (Å²) >= 11 is 0. The zero-order valence-electron chi connectivity index (χ0n) is 27.1. The number of nitrogens with one attached hydrogen (secondary N) is 1. The lowest BCUT2D eigenvalue weighted by atomic mass is 9.72. The highest BCUT2D eigenvalue weighted by Crippen LogP contribution is 2.37. The Morgan fingerprint density at radius 2 is 1.71 bits per heavy atom. The van der Waals surface area contributed by atoms with Crippen LogP contribution in [0.4, 0.5) is 0 Å². The number of likely N-dealkylation sites (N-methyl/N-ethyl adjacent to an activating group) is 2. The molecule has 0 spiro atoms. The SMILES string of the molecule is CCC(C)(CC(CC(C)(C)C(=O)OCCN1CCCC1=O)C(=O)O)C(=O)NCCC[N+](C)(C)CC(O)C[N+](C)(C)C. The van der Waals surface area contributed by atoms with E-state index >= 15 is 0 Å². The molecule has 11 heteroatoms. The van der Waals surface area contributed by atoms with Crippen molar-refractivity contribution in [3.63, 3.8) is 0 Å². The van der Waals surface area contributed by atoms with Gasteiger partial charge in [-0.2, -0.15) is 0 Å². The van der Waals surface area contributed by atoms with E-state index in [4.69, 9.17) is 4.74 Å². The van der Waals surface area contributed by atoms with E-state index in [1.54, 1.807) is 25.7 Å². The lowest BCUT2D eigenvalue weighted by molar-refractivity contribution is -0.907. The third-order valence-corrected chi connectivity index (χ3v) is 8.14. The summed E-state index contributed by atoms with van der Waals surface area (Å²) < 4.78 is 6.73. The van der Waals surface area contributed by atoms with E-state index in [-0.39, 0.29) is 31.3 Å². The second-order valence-electron chi connectivity index (χ2n) is 14.4. The second kappa shape index (κ2) is 15.3. The van der Waals surface area contributed by atoms with Crippen LogP contribution in [0.5, 0.6) is 0 Å². The third kappa shape index (κ3) is 13.1. The first kappa shape index (κ1) is 36.8. The maximum absolute atomic E-state index is 13.2. The Hall–Kier alpha value is -2.24. The molecule has 1 heterocycles. The Morgan fingerprint density at radius 1 is 1.07 bits per heavy atom. The van der Waals surface area contributed by atoms with Gasteiger partial charge in [-0.1, -0.05) is 13.8 Å². The number of ether oxygens (including phenoxy) is 1. The van der Waals surface area contributed by atoms with Gasteiger partial charge in [-0.15, -0.1) is 0 Å². The molecule has 3 N–H and O–H groups in total. The molecule has 0 aromatic heterocycles. The zero-order chi connectivity index (χ0) is 31.6. The van der Waals surface area contributed by atoms with Crippen LogP contribution in [-0.4, -0.2) is 135 Å². The summed E-state index contributed by atoms with van der Waals surface area (Å²) in [6, 6.07) is 0. The summed E-state index contributed by atoms with van der Waals surface area (Å²) in [6.07, 6.45) is 2.21. The number of esters is 1. The van der Waals surface area contributed by atoms with Crippen LogP contribution >= 0.6 is 0 Å². The summed E-state index contributed by atoms with van der Waals surface area (Å²) in [5, 5.41) is 23.4. The van der Waals surface area contributed by atoms with Crippen LogP contribution in [0, 0.1) is 16.7 Å². The van der Waals surface area contributed by atoms with Gasteiger partial charge < -0.3 is 34.1 Å². The molecule has 1 fully saturated rings. The number of rotatable bonds is 19. The van der Waals surface area contributed by atoms with Crippen molar-refractivity contribution in [2.75, 3.05) is 81.1 Å². The monoisotopic (exact) mass is 586 g/mol. The molecule has 0 saturated carbocycles. The van der Waals surface area contributed by atoms with Crippen molar-refractivity contribution in [3.8, 4) is 0 Å². The summed E-state index contributed by atoms with van der Waals surface area (Å²) in [7, 11) is 10.3. The fourth-order valence-electron chi connectivity index (χ4n) is 5.55. The summed E-state index contributed by atoms with van der Waals surface area (Å²) in [5.41, 5.74) is -1.98. The van der Waals surface area contributed by atoms with Gasteiger partial charge in [-0.3, -0.25) is 19.2 Å².